The number of hydrogen-bond acceptors (Lipinski definition) is 5. The van der Waals surface area contributed by atoms with E-state index in [1.54, 1.807) is 12.1 Å². The van der Waals surface area contributed by atoms with Crippen LogP contribution in [0.1, 0.15) is 11.1 Å². The van der Waals surface area contributed by atoms with Gasteiger partial charge in [-0.3, -0.25) is 0 Å². The Labute approximate surface area is 376 Å². The summed E-state index contributed by atoms with van der Waals surface area (Å²) in [6.07, 6.45) is 0. The first-order chi connectivity index (χ1) is 32.1. The molecule has 0 aliphatic carbocycles. The van der Waals surface area contributed by atoms with Crippen LogP contribution in [0, 0.1) is 22.7 Å². The van der Waals surface area contributed by atoms with Gasteiger partial charge in [0, 0.05) is 27.5 Å². The van der Waals surface area contributed by atoms with Crippen LogP contribution in [0.3, 0.4) is 0 Å². The van der Waals surface area contributed by atoms with E-state index >= 15 is 0 Å². The van der Waals surface area contributed by atoms with Gasteiger partial charge in [-0.2, -0.15) is 10.5 Å². The smallest absolute Gasteiger partial charge is 0.164 e. The first-order valence-corrected chi connectivity index (χ1v) is 21.4. The fourth-order valence-electron chi connectivity index (χ4n) is 8.75. The molecule has 0 unspecified atom stereocenters. The van der Waals surface area contributed by atoms with Crippen LogP contribution in [-0.2, 0) is 0 Å². The van der Waals surface area contributed by atoms with E-state index in [0.717, 1.165) is 77.4 Å². The predicted molar refractivity (Wildman–Crippen MR) is 262 cm³/mol. The molecule has 0 radical (unpaired) electrons. The Kier molecular flexibility index (Phi) is 9.86. The monoisotopic (exact) mass is 828 g/mol. The third-order valence-electron chi connectivity index (χ3n) is 11.9. The van der Waals surface area contributed by atoms with Crippen molar-refractivity contribution < 1.29 is 0 Å². The largest absolute Gasteiger partial charge is 0.307 e. The van der Waals surface area contributed by atoms with E-state index in [2.05, 4.69) is 126 Å². The summed E-state index contributed by atoms with van der Waals surface area (Å²) in [4.78, 5) is 15.3. The van der Waals surface area contributed by atoms with Gasteiger partial charge in [-0.1, -0.05) is 182 Å². The molecule has 6 nitrogen and oxygen atoms in total. The number of benzene rings is 9. The summed E-state index contributed by atoms with van der Waals surface area (Å²) in [7, 11) is 0. The average Bonchev–Trinajstić information content (AvgIpc) is 3.71. The number of nitriles is 2. The second-order valence-electron chi connectivity index (χ2n) is 15.9. The Morgan fingerprint density at radius 2 is 0.615 bits per heavy atom. The summed E-state index contributed by atoms with van der Waals surface area (Å²) in [5.74, 6) is 1.29. The highest BCUT2D eigenvalue weighted by Gasteiger charge is 2.23. The molecule has 302 valence electrons. The van der Waals surface area contributed by atoms with Gasteiger partial charge in [0.05, 0.1) is 27.8 Å². The fraction of sp³-hybridized carbons (Fsp3) is 0. The number of rotatable bonds is 8. The van der Waals surface area contributed by atoms with Gasteiger partial charge in [0.2, 0.25) is 0 Å². The van der Waals surface area contributed by atoms with Gasteiger partial charge >= 0.3 is 0 Å². The Hall–Kier alpha value is -9.23. The van der Waals surface area contributed by atoms with Gasteiger partial charge in [0.25, 0.3) is 0 Å². The van der Waals surface area contributed by atoms with Crippen molar-refractivity contribution in [1.82, 2.24) is 19.5 Å². The van der Waals surface area contributed by atoms with Crippen LogP contribution < -0.4 is 0 Å². The maximum Gasteiger partial charge on any atom is 0.164 e. The molecule has 0 aliphatic rings. The van der Waals surface area contributed by atoms with Crippen molar-refractivity contribution in [2.24, 2.45) is 0 Å². The maximum absolute atomic E-state index is 11.1. The number of fused-ring (bicyclic) bond motifs is 3. The summed E-state index contributed by atoms with van der Waals surface area (Å²) in [5.41, 5.74) is 13.4. The number of hydrogen-bond donors (Lipinski definition) is 0. The van der Waals surface area contributed by atoms with E-state index in [4.69, 9.17) is 15.0 Å². The van der Waals surface area contributed by atoms with E-state index in [9.17, 15) is 10.5 Å². The Morgan fingerprint density at radius 1 is 0.292 bits per heavy atom. The second kappa shape index (κ2) is 16.6. The molecule has 11 aromatic rings. The molecule has 0 saturated heterocycles. The van der Waals surface area contributed by atoms with Crippen LogP contribution in [0.25, 0.3) is 106 Å². The number of aromatic nitrogens is 4. The third kappa shape index (κ3) is 7.28. The first kappa shape index (κ1) is 38.7. The molecule has 0 spiro atoms. The molecule has 6 heteroatoms. The highest BCUT2D eigenvalue weighted by atomic mass is 15.0. The molecule has 65 heavy (non-hydrogen) atoms. The minimum Gasteiger partial charge on any atom is -0.307 e. The molecule has 0 N–H and O–H groups in total. The first-order valence-electron chi connectivity index (χ1n) is 21.4. The molecule has 11 rings (SSSR count). The van der Waals surface area contributed by atoms with E-state index < -0.39 is 0 Å². The SMILES string of the molecule is N#Cc1cc(-c2nc(-c3cccc(-c4ccccc4)c3)nc(-c3cccc(-c4ccccc4)c3)n2)cc(C#N)c1-n1c2cc(-c3ccccc3)ccc2c2ccc(-c3ccccc3)cc21. The minimum atomic E-state index is 0.314. The summed E-state index contributed by atoms with van der Waals surface area (Å²) in [5, 5.41) is 24.3. The topological polar surface area (TPSA) is 91.2 Å². The van der Waals surface area contributed by atoms with Gasteiger partial charge < -0.3 is 4.57 Å². The molecule has 0 atom stereocenters. The molecule has 2 heterocycles. The van der Waals surface area contributed by atoms with E-state index in [0.29, 0.717) is 39.9 Å². The quantitative estimate of drug-likeness (QED) is 0.152. The molecule has 2 aromatic heterocycles. The molecular weight excluding hydrogens is 793 g/mol. The zero-order chi connectivity index (χ0) is 43.7. The van der Waals surface area contributed by atoms with Crippen LogP contribution in [0.5, 0.6) is 0 Å². The molecule has 9 aromatic carbocycles. The summed E-state index contributed by atoms with van der Waals surface area (Å²) >= 11 is 0. The normalized spacial score (nSPS) is 11.0. The van der Waals surface area contributed by atoms with Gasteiger partial charge in [0.1, 0.15) is 12.1 Å². The fourth-order valence-corrected chi connectivity index (χ4v) is 8.75. The van der Waals surface area contributed by atoms with Gasteiger partial charge in [-0.05, 0) is 80.9 Å². The predicted octanol–water partition coefficient (Wildman–Crippen LogP) is 14.4. The molecule has 0 saturated carbocycles. The zero-order valence-electron chi connectivity index (χ0n) is 35.0. The van der Waals surface area contributed by atoms with Crippen molar-refractivity contribution in [3.05, 3.63) is 230 Å². The van der Waals surface area contributed by atoms with Gasteiger partial charge in [-0.15, -0.1) is 0 Å². The summed E-state index contributed by atoms with van der Waals surface area (Å²) in [6.45, 7) is 0. The van der Waals surface area contributed by atoms with Crippen molar-refractivity contribution >= 4 is 21.8 Å². The Morgan fingerprint density at radius 3 is 0.985 bits per heavy atom. The second-order valence-corrected chi connectivity index (χ2v) is 15.9. The van der Waals surface area contributed by atoms with Crippen LogP contribution in [0.15, 0.2) is 218 Å². The third-order valence-corrected chi connectivity index (χ3v) is 11.9. The van der Waals surface area contributed by atoms with Crippen LogP contribution in [0.2, 0.25) is 0 Å². The van der Waals surface area contributed by atoms with E-state index in [-0.39, 0.29) is 0 Å². The molecule has 0 amide bonds. The summed E-state index contributed by atoms with van der Waals surface area (Å²) < 4.78 is 2.08. The van der Waals surface area contributed by atoms with Crippen LogP contribution in [0.4, 0.5) is 0 Å². The van der Waals surface area contributed by atoms with Crippen LogP contribution in [-0.4, -0.2) is 19.5 Å². The standard InChI is InChI=1S/C59H36N6/c60-37-50-33-49(59-63-57(47-25-13-23-43(31-47)39-15-5-1-6-16-39)62-58(64-59)48-26-14-24-44(32-48)40-17-7-2-8-18-40)34-51(38-61)56(50)65-54-35-45(41-19-9-3-10-20-41)27-29-52(54)53-30-28-46(36-55(53)65)42-21-11-4-12-22-42/h1-36H. The number of nitrogens with zero attached hydrogens (tertiary/aromatic N) is 6. The molecule has 0 aliphatic heterocycles. The lowest BCUT2D eigenvalue weighted by Crippen LogP contribution is -2.04. The average molecular weight is 829 g/mol. The van der Waals surface area contributed by atoms with Gasteiger partial charge in [0.15, 0.2) is 17.5 Å². The lowest BCUT2D eigenvalue weighted by Gasteiger charge is -2.15. The maximum atomic E-state index is 11.1. The molecule has 0 bridgehead atoms. The lowest BCUT2D eigenvalue weighted by atomic mass is 10.0. The van der Waals surface area contributed by atoms with Crippen molar-refractivity contribution in [1.29, 1.82) is 10.5 Å². The van der Waals surface area contributed by atoms with Crippen molar-refractivity contribution in [2.75, 3.05) is 0 Å². The Balaban J connectivity index is 1.13. The lowest BCUT2D eigenvalue weighted by molar-refractivity contribution is 1.07. The van der Waals surface area contributed by atoms with E-state index in [1.165, 1.54) is 0 Å². The van der Waals surface area contributed by atoms with Crippen molar-refractivity contribution in [3.8, 4) is 96.5 Å². The van der Waals surface area contributed by atoms with E-state index in [1.807, 2.05) is 97.1 Å². The zero-order valence-corrected chi connectivity index (χ0v) is 35.0. The van der Waals surface area contributed by atoms with Crippen molar-refractivity contribution in [3.63, 3.8) is 0 Å². The molecule has 0 fully saturated rings. The minimum absolute atomic E-state index is 0.314. The highest BCUT2D eigenvalue weighted by molar-refractivity contribution is 6.11. The Bertz CT molecular complexity index is 3430. The summed E-state index contributed by atoms with van der Waals surface area (Å²) in [6, 6.07) is 78.6. The van der Waals surface area contributed by atoms with Crippen LogP contribution >= 0.6 is 0 Å². The highest BCUT2D eigenvalue weighted by Crippen LogP contribution is 2.40. The van der Waals surface area contributed by atoms with Crippen molar-refractivity contribution in [2.45, 2.75) is 0 Å². The molecular formula is C59H36N6. The van der Waals surface area contributed by atoms with Gasteiger partial charge in [-0.25, -0.2) is 15.0 Å².